The van der Waals surface area contributed by atoms with Crippen LogP contribution in [0.3, 0.4) is 0 Å². The van der Waals surface area contributed by atoms with E-state index in [-0.39, 0.29) is 0 Å². The lowest BCUT2D eigenvalue weighted by Gasteiger charge is -2.12. The van der Waals surface area contributed by atoms with Gasteiger partial charge in [-0.05, 0) is 48.6 Å². The molecule has 3 nitrogen and oxygen atoms in total. The minimum Gasteiger partial charge on any atom is -0.478 e. The van der Waals surface area contributed by atoms with Crippen molar-refractivity contribution in [1.82, 2.24) is 0 Å². The molecule has 0 saturated carbocycles. The van der Waals surface area contributed by atoms with Crippen LogP contribution in [-0.2, 0) is 12.8 Å². The third-order valence-electron chi connectivity index (χ3n) is 3.75. The number of aryl methyl sites for hydroxylation is 2. The number of hydrogen-bond acceptors (Lipinski definition) is 2. The molecule has 2 rings (SSSR count). The van der Waals surface area contributed by atoms with Gasteiger partial charge in [0.25, 0.3) is 0 Å². The van der Waals surface area contributed by atoms with E-state index in [2.05, 4.69) is 36.5 Å². The third-order valence-corrected chi connectivity index (χ3v) is 3.75. The second-order valence-electron chi connectivity index (χ2n) is 5.44. The molecule has 22 heavy (non-hydrogen) atoms. The molecule has 0 heterocycles. The summed E-state index contributed by atoms with van der Waals surface area (Å²) in [7, 11) is 0. The number of carboxylic acids is 1. The van der Waals surface area contributed by atoms with Crippen LogP contribution >= 0.6 is 0 Å². The van der Waals surface area contributed by atoms with Gasteiger partial charge in [-0.1, -0.05) is 43.7 Å². The first-order valence-corrected chi connectivity index (χ1v) is 7.84. The molecule has 0 unspecified atom stereocenters. The van der Waals surface area contributed by atoms with Gasteiger partial charge in [0.05, 0.1) is 5.56 Å². The van der Waals surface area contributed by atoms with Crippen LogP contribution in [0.5, 0.6) is 0 Å². The monoisotopic (exact) mass is 297 g/mol. The van der Waals surface area contributed by atoms with Crippen molar-refractivity contribution in [3.8, 4) is 0 Å². The molecule has 3 heteroatoms. The number of para-hydroxylation sites is 1. The lowest BCUT2D eigenvalue weighted by atomic mass is 10.0. The van der Waals surface area contributed by atoms with Gasteiger partial charge < -0.3 is 10.4 Å². The second-order valence-corrected chi connectivity index (χ2v) is 5.44. The number of rotatable bonds is 8. The summed E-state index contributed by atoms with van der Waals surface area (Å²) < 4.78 is 0. The summed E-state index contributed by atoms with van der Waals surface area (Å²) in [5.41, 5.74) is 4.01. The molecule has 0 bridgehead atoms. The number of carbonyl (C=O) groups is 1. The lowest BCUT2D eigenvalue weighted by molar-refractivity contribution is 0.0697. The summed E-state index contributed by atoms with van der Waals surface area (Å²) in [6, 6.07) is 15.5. The zero-order valence-electron chi connectivity index (χ0n) is 13.0. The molecule has 2 aromatic rings. The minimum absolute atomic E-state index is 0.338. The molecule has 2 aromatic carbocycles. The second kappa shape index (κ2) is 8.23. The van der Waals surface area contributed by atoms with Gasteiger partial charge in [0.15, 0.2) is 0 Å². The van der Waals surface area contributed by atoms with E-state index in [1.54, 1.807) is 12.1 Å². The Hall–Kier alpha value is -2.29. The Bertz CT molecular complexity index is 605. The zero-order valence-corrected chi connectivity index (χ0v) is 13.0. The Morgan fingerprint density at radius 1 is 1.05 bits per heavy atom. The van der Waals surface area contributed by atoms with E-state index in [4.69, 9.17) is 5.11 Å². The SMILES string of the molecule is CCCCNc1ccccc1CCc1ccc(C(=O)O)cc1. The van der Waals surface area contributed by atoms with Gasteiger partial charge in [-0.15, -0.1) is 0 Å². The zero-order chi connectivity index (χ0) is 15.8. The van der Waals surface area contributed by atoms with Crippen LogP contribution in [0.25, 0.3) is 0 Å². The number of unbranched alkanes of at least 4 members (excludes halogenated alkanes) is 1. The van der Waals surface area contributed by atoms with Gasteiger partial charge in [-0.3, -0.25) is 0 Å². The molecular weight excluding hydrogens is 274 g/mol. The minimum atomic E-state index is -0.878. The summed E-state index contributed by atoms with van der Waals surface area (Å²) in [4.78, 5) is 10.9. The highest BCUT2D eigenvalue weighted by molar-refractivity contribution is 5.87. The smallest absolute Gasteiger partial charge is 0.335 e. The predicted octanol–water partition coefficient (Wildman–Crippen LogP) is 4.38. The van der Waals surface area contributed by atoms with Crippen molar-refractivity contribution in [2.24, 2.45) is 0 Å². The van der Waals surface area contributed by atoms with E-state index >= 15 is 0 Å². The fraction of sp³-hybridized carbons (Fsp3) is 0.316. The fourth-order valence-electron chi connectivity index (χ4n) is 2.40. The fourth-order valence-corrected chi connectivity index (χ4v) is 2.40. The molecule has 0 aliphatic carbocycles. The molecule has 0 aliphatic heterocycles. The Labute approximate surface area is 132 Å². The van der Waals surface area contributed by atoms with E-state index in [1.807, 2.05) is 12.1 Å². The van der Waals surface area contributed by atoms with Gasteiger partial charge >= 0.3 is 5.97 Å². The van der Waals surface area contributed by atoms with Gasteiger partial charge in [0.2, 0.25) is 0 Å². The first-order chi connectivity index (χ1) is 10.7. The molecule has 116 valence electrons. The maximum atomic E-state index is 10.9. The lowest BCUT2D eigenvalue weighted by Crippen LogP contribution is -2.04. The van der Waals surface area contributed by atoms with Crippen molar-refractivity contribution < 1.29 is 9.90 Å². The predicted molar refractivity (Wildman–Crippen MR) is 90.6 cm³/mol. The number of anilines is 1. The Morgan fingerprint density at radius 3 is 2.45 bits per heavy atom. The largest absolute Gasteiger partial charge is 0.478 e. The highest BCUT2D eigenvalue weighted by atomic mass is 16.4. The summed E-state index contributed by atoms with van der Waals surface area (Å²) in [6.07, 6.45) is 4.21. The molecule has 0 amide bonds. The van der Waals surface area contributed by atoms with Crippen molar-refractivity contribution in [1.29, 1.82) is 0 Å². The van der Waals surface area contributed by atoms with Crippen molar-refractivity contribution in [3.05, 3.63) is 65.2 Å². The van der Waals surface area contributed by atoms with Crippen LogP contribution in [0.1, 0.15) is 41.3 Å². The number of benzene rings is 2. The van der Waals surface area contributed by atoms with Crippen molar-refractivity contribution in [2.45, 2.75) is 32.6 Å². The highest BCUT2D eigenvalue weighted by Gasteiger charge is 2.04. The van der Waals surface area contributed by atoms with E-state index in [1.165, 1.54) is 24.1 Å². The molecule has 0 spiro atoms. The maximum Gasteiger partial charge on any atom is 0.335 e. The molecule has 0 aromatic heterocycles. The maximum absolute atomic E-state index is 10.9. The average molecular weight is 297 g/mol. The standard InChI is InChI=1S/C19H23NO2/c1-2-3-14-20-18-7-5-4-6-16(18)11-8-15-9-12-17(13-10-15)19(21)22/h4-7,9-10,12-13,20H,2-3,8,11,14H2,1H3,(H,21,22). The van der Waals surface area contributed by atoms with E-state index in [0.717, 1.165) is 24.9 Å². The van der Waals surface area contributed by atoms with Crippen LogP contribution in [0.15, 0.2) is 48.5 Å². The molecule has 2 N–H and O–H groups in total. The van der Waals surface area contributed by atoms with Gasteiger partial charge in [0.1, 0.15) is 0 Å². The summed E-state index contributed by atoms with van der Waals surface area (Å²) in [6.45, 7) is 3.19. The molecule has 0 atom stereocenters. The topological polar surface area (TPSA) is 49.3 Å². The number of aromatic carboxylic acids is 1. The number of hydrogen-bond donors (Lipinski definition) is 2. The summed E-state index contributed by atoms with van der Waals surface area (Å²) in [5.74, 6) is -0.878. The van der Waals surface area contributed by atoms with Crippen LogP contribution in [0.2, 0.25) is 0 Å². The Balaban J connectivity index is 1.97. The van der Waals surface area contributed by atoms with Crippen LogP contribution in [-0.4, -0.2) is 17.6 Å². The van der Waals surface area contributed by atoms with E-state index in [9.17, 15) is 4.79 Å². The highest BCUT2D eigenvalue weighted by Crippen LogP contribution is 2.18. The quantitative estimate of drug-likeness (QED) is 0.711. The third kappa shape index (κ3) is 4.62. The Morgan fingerprint density at radius 2 is 1.77 bits per heavy atom. The molecular formula is C19H23NO2. The normalized spacial score (nSPS) is 10.4. The van der Waals surface area contributed by atoms with E-state index in [0.29, 0.717) is 5.56 Å². The Kier molecular flexibility index (Phi) is 6.01. The summed E-state index contributed by atoms with van der Waals surface area (Å²) >= 11 is 0. The first-order valence-electron chi connectivity index (χ1n) is 7.84. The first kappa shape index (κ1) is 16.1. The van der Waals surface area contributed by atoms with Gasteiger partial charge in [-0.25, -0.2) is 4.79 Å². The van der Waals surface area contributed by atoms with Gasteiger partial charge in [-0.2, -0.15) is 0 Å². The molecule has 0 radical (unpaired) electrons. The number of carboxylic acid groups (broad SMARTS) is 1. The van der Waals surface area contributed by atoms with E-state index < -0.39 is 5.97 Å². The van der Waals surface area contributed by atoms with Crippen molar-refractivity contribution in [2.75, 3.05) is 11.9 Å². The molecule has 0 saturated heterocycles. The van der Waals surface area contributed by atoms with Crippen LogP contribution < -0.4 is 5.32 Å². The number of nitrogens with one attached hydrogen (secondary N) is 1. The van der Waals surface area contributed by atoms with Crippen molar-refractivity contribution >= 4 is 11.7 Å². The average Bonchev–Trinajstić information content (AvgIpc) is 2.54. The molecule has 0 fully saturated rings. The van der Waals surface area contributed by atoms with Crippen molar-refractivity contribution in [3.63, 3.8) is 0 Å². The van der Waals surface area contributed by atoms with Crippen LogP contribution in [0, 0.1) is 0 Å². The van der Waals surface area contributed by atoms with Crippen LogP contribution in [0.4, 0.5) is 5.69 Å². The van der Waals surface area contributed by atoms with Gasteiger partial charge in [0, 0.05) is 12.2 Å². The summed E-state index contributed by atoms with van der Waals surface area (Å²) in [5, 5.41) is 12.4. The molecule has 0 aliphatic rings.